The number of nitrogens with zero attached hydrogens (tertiary/aromatic N) is 2. The number of hydrogen-bond acceptors (Lipinski definition) is 6. The molecule has 2 heterocycles. The molecule has 1 aliphatic rings. The third-order valence-electron chi connectivity index (χ3n) is 3.74. The van der Waals surface area contributed by atoms with Gasteiger partial charge in [0.05, 0.1) is 12.2 Å². The summed E-state index contributed by atoms with van der Waals surface area (Å²) in [5, 5.41) is 10.9. The minimum atomic E-state index is -5.05. The number of amides is 2. The fraction of sp³-hybridized carbons (Fsp3) is 0.286. The lowest BCUT2D eigenvalue weighted by atomic mass is 9.89. The van der Waals surface area contributed by atoms with Crippen molar-refractivity contribution in [2.24, 2.45) is 0 Å². The zero-order valence-corrected chi connectivity index (χ0v) is 13.7. The fourth-order valence-electron chi connectivity index (χ4n) is 2.48. The zero-order valence-electron chi connectivity index (χ0n) is 13.0. The van der Waals surface area contributed by atoms with E-state index in [2.05, 4.69) is 30.3 Å². The fourth-order valence-corrected chi connectivity index (χ4v) is 2.65. The Bertz CT molecular complexity index is 885. The van der Waals surface area contributed by atoms with Crippen LogP contribution in [0.2, 0.25) is 5.02 Å². The zero-order chi connectivity index (χ0) is 19.1. The van der Waals surface area contributed by atoms with Gasteiger partial charge in [0.2, 0.25) is 0 Å². The normalized spacial score (nSPS) is 19.3. The van der Waals surface area contributed by atoms with Gasteiger partial charge in [0, 0.05) is 10.6 Å². The molecule has 2 aromatic rings. The predicted octanol–water partition coefficient (Wildman–Crippen LogP) is 2.78. The lowest BCUT2D eigenvalue weighted by molar-refractivity contribution is -0.261. The molecular formula is C14H10ClF3N4O4. The summed E-state index contributed by atoms with van der Waals surface area (Å²) in [6, 6.07) is 3.54. The molecule has 138 valence electrons. The number of aromatic nitrogens is 2. The minimum absolute atomic E-state index is 0.00000352. The first-order chi connectivity index (χ1) is 12.1. The van der Waals surface area contributed by atoms with E-state index in [9.17, 15) is 22.8 Å². The van der Waals surface area contributed by atoms with Crippen LogP contribution in [0.1, 0.15) is 21.7 Å². The van der Waals surface area contributed by atoms with Gasteiger partial charge in [-0.3, -0.25) is 10.1 Å². The highest BCUT2D eigenvalue weighted by Gasteiger charge is 2.62. The molecule has 0 saturated carbocycles. The molecule has 8 nitrogen and oxygen atoms in total. The summed E-state index contributed by atoms with van der Waals surface area (Å²) in [7, 11) is 0. The Morgan fingerprint density at radius 2 is 2.12 bits per heavy atom. The van der Waals surface area contributed by atoms with Crippen LogP contribution in [-0.2, 0) is 10.3 Å². The highest BCUT2D eigenvalue weighted by Crippen LogP contribution is 2.47. The van der Waals surface area contributed by atoms with E-state index < -0.39 is 35.9 Å². The van der Waals surface area contributed by atoms with Crippen LogP contribution in [0.15, 0.2) is 22.8 Å². The van der Waals surface area contributed by atoms with Crippen LogP contribution >= 0.6 is 11.6 Å². The summed E-state index contributed by atoms with van der Waals surface area (Å²) < 4.78 is 50.7. The van der Waals surface area contributed by atoms with Gasteiger partial charge in [-0.1, -0.05) is 16.8 Å². The molecule has 0 aliphatic carbocycles. The van der Waals surface area contributed by atoms with E-state index in [1.807, 2.05) is 0 Å². The van der Waals surface area contributed by atoms with E-state index in [1.54, 1.807) is 0 Å². The van der Waals surface area contributed by atoms with E-state index in [0.29, 0.717) is 0 Å². The van der Waals surface area contributed by atoms with E-state index in [1.165, 1.54) is 19.1 Å². The number of aryl methyl sites for hydroxylation is 1. The maximum absolute atomic E-state index is 13.9. The van der Waals surface area contributed by atoms with Gasteiger partial charge >= 0.3 is 12.3 Å². The maximum atomic E-state index is 13.9. The quantitative estimate of drug-likeness (QED) is 0.834. The van der Waals surface area contributed by atoms with E-state index >= 15 is 0 Å². The molecule has 26 heavy (non-hydrogen) atoms. The Kier molecular flexibility index (Phi) is 4.26. The molecule has 12 heteroatoms. The predicted molar refractivity (Wildman–Crippen MR) is 80.7 cm³/mol. The molecule has 3 rings (SSSR count). The number of hydrogen-bond donors (Lipinski definition) is 2. The Hall–Kier alpha value is -2.82. The highest BCUT2D eigenvalue weighted by atomic mass is 35.5. The van der Waals surface area contributed by atoms with E-state index in [0.717, 1.165) is 6.07 Å². The molecule has 1 aromatic heterocycles. The maximum Gasteiger partial charge on any atom is 0.434 e. The first kappa shape index (κ1) is 18.0. The lowest BCUT2D eigenvalue weighted by Crippen LogP contribution is -2.56. The van der Waals surface area contributed by atoms with Crippen molar-refractivity contribution >= 4 is 29.3 Å². The Labute approximate surface area is 148 Å². The molecular weight excluding hydrogens is 381 g/mol. The second-order valence-corrected chi connectivity index (χ2v) is 5.85. The van der Waals surface area contributed by atoms with Crippen molar-refractivity contribution in [2.75, 3.05) is 11.9 Å². The van der Waals surface area contributed by atoms with Crippen molar-refractivity contribution < 1.29 is 32.1 Å². The van der Waals surface area contributed by atoms with Gasteiger partial charge in [0.15, 0.2) is 5.69 Å². The van der Waals surface area contributed by atoms with Gasteiger partial charge < -0.3 is 10.1 Å². The van der Waals surface area contributed by atoms with Crippen LogP contribution in [0.5, 0.6) is 0 Å². The Balaban J connectivity index is 2.01. The summed E-state index contributed by atoms with van der Waals surface area (Å²) in [5.41, 5.74) is -3.89. The largest absolute Gasteiger partial charge is 0.434 e. The number of rotatable bonds is 3. The topological polar surface area (TPSA) is 106 Å². The molecule has 2 amide bonds. The summed E-state index contributed by atoms with van der Waals surface area (Å²) in [6.07, 6.45) is -6.36. The summed E-state index contributed by atoms with van der Waals surface area (Å²) in [4.78, 5) is 23.8. The summed E-state index contributed by atoms with van der Waals surface area (Å²) in [6.45, 7) is 0.299. The van der Waals surface area contributed by atoms with Gasteiger partial charge in [-0.2, -0.15) is 13.2 Å². The number of fused-ring (bicyclic) bond motifs is 1. The van der Waals surface area contributed by atoms with Crippen molar-refractivity contribution in [3.8, 4) is 0 Å². The second-order valence-electron chi connectivity index (χ2n) is 5.41. The van der Waals surface area contributed by atoms with Gasteiger partial charge in [0.1, 0.15) is 5.69 Å². The van der Waals surface area contributed by atoms with Crippen LogP contribution < -0.4 is 10.6 Å². The van der Waals surface area contributed by atoms with Gasteiger partial charge in [-0.15, -0.1) is 0 Å². The number of benzene rings is 1. The lowest BCUT2D eigenvalue weighted by Gasteiger charge is -2.39. The smallest absolute Gasteiger partial charge is 0.426 e. The SMILES string of the molecule is Cc1nonc1C(=O)NCC1(C(F)(F)F)OC(=O)Nc2ccc(Cl)cc21. The number of nitrogens with one attached hydrogen (secondary N) is 2. The number of carbonyl (C=O) groups excluding carboxylic acids is 2. The average molecular weight is 391 g/mol. The molecule has 0 spiro atoms. The van der Waals surface area contributed by atoms with Crippen LogP contribution in [0.3, 0.4) is 0 Å². The van der Waals surface area contributed by atoms with Gasteiger partial charge in [0.25, 0.3) is 11.5 Å². The van der Waals surface area contributed by atoms with Gasteiger partial charge in [-0.05, 0) is 30.3 Å². The van der Waals surface area contributed by atoms with Crippen molar-refractivity contribution in [3.05, 3.63) is 40.2 Å². The third-order valence-corrected chi connectivity index (χ3v) is 3.98. The number of carbonyl (C=O) groups is 2. The first-order valence-corrected chi connectivity index (χ1v) is 7.46. The molecule has 1 aliphatic heterocycles. The Morgan fingerprint density at radius 1 is 1.38 bits per heavy atom. The number of alkyl halides is 3. The first-order valence-electron chi connectivity index (χ1n) is 7.08. The summed E-state index contributed by atoms with van der Waals surface area (Å²) >= 11 is 5.80. The van der Waals surface area contributed by atoms with E-state index in [-0.39, 0.29) is 22.1 Å². The molecule has 0 bridgehead atoms. The monoisotopic (exact) mass is 390 g/mol. The van der Waals surface area contributed by atoms with E-state index in [4.69, 9.17) is 11.6 Å². The molecule has 1 aromatic carbocycles. The number of anilines is 1. The van der Waals surface area contributed by atoms with Crippen LogP contribution in [-0.4, -0.2) is 35.0 Å². The summed E-state index contributed by atoms with van der Waals surface area (Å²) in [5.74, 6) is -0.967. The van der Waals surface area contributed by atoms with Crippen molar-refractivity contribution in [2.45, 2.75) is 18.7 Å². The molecule has 1 unspecified atom stereocenters. The molecule has 0 radical (unpaired) electrons. The third kappa shape index (κ3) is 2.94. The molecule has 2 N–H and O–H groups in total. The number of halogens is 4. The van der Waals surface area contributed by atoms with Crippen molar-refractivity contribution in [3.63, 3.8) is 0 Å². The number of ether oxygens (including phenoxy) is 1. The van der Waals surface area contributed by atoms with Crippen molar-refractivity contribution in [1.29, 1.82) is 0 Å². The van der Waals surface area contributed by atoms with Crippen molar-refractivity contribution in [1.82, 2.24) is 15.6 Å². The van der Waals surface area contributed by atoms with Crippen LogP contribution in [0, 0.1) is 6.92 Å². The molecule has 1 atom stereocenters. The van der Waals surface area contributed by atoms with Gasteiger partial charge in [-0.25, -0.2) is 9.42 Å². The highest BCUT2D eigenvalue weighted by molar-refractivity contribution is 6.30. The average Bonchev–Trinajstić information content (AvgIpc) is 2.97. The van der Waals surface area contributed by atoms with Crippen LogP contribution in [0.25, 0.3) is 0 Å². The minimum Gasteiger partial charge on any atom is -0.426 e. The standard InChI is InChI=1S/C14H10ClF3N4O4/c1-6-10(22-26-21-6)11(23)19-5-13(14(16,17)18)8-4-7(15)2-3-9(8)20-12(24)25-13/h2-4H,5H2,1H3,(H,19,23)(H,20,24). The number of cyclic esters (lactones) is 1. The molecule has 0 fully saturated rings. The Morgan fingerprint density at radius 3 is 2.73 bits per heavy atom. The second kappa shape index (κ2) is 6.16. The molecule has 0 saturated heterocycles. The van der Waals surface area contributed by atoms with Crippen LogP contribution in [0.4, 0.5) is 23.7 Å².